The average molecular weight is 453 g/mol. The molecule has 5 rings (SSSR count). The van der Waals surface area contributed by atoms with Crippen molar-refractivity contribution in [3.05, 3.63) is 58.1 Å². The molecule has 0 unspecified atom stereocenters. The Morgan fingerprint density at radius 3 is 2.25 bits per heavy atom. The minimum Gasteiger partial charge on any atom is -0.305 e. The molecule has 1 atom stereocenters. The van der Waals surface area contributed by atoms with Crippen LogP contribution in [0.25, 0.3) is 0 Å². The quantitative estimate of drug-likeness (QED) is 0.696. The maximum Gasteiger partial charge on any atom is 0.354 e. The van der Waals surface area contributed by atoms with Gasteiger partial charge < -0.3 is 5.32 Å². The first-order valence-corrected chi connectivity index (χ1v) is 13.3. The number of nitrogens with one attached hydrogen (secondary N) is 1. The smallest absolute Gasteiger partial charge is 0.305 e. The lowest BCUT2D eigenvalue weighted by Crippen LogP contribution is -2.36. The van der Waals surface area contributed by atoms with Gasteiger partial charge in [0.15, 0.2) is 0 Å². The number of amides is 2. The summed E-state index contributed by atoms with van der Waals surface area (Å²) in [4.78, 5) is 15.5. The molecule has 3 N–H and O–H groups in total. The summed E-state index contributed by atoms with van der Waals surface area (Å²) in [6, 6.07) is 9.69. The molecular weight excluding hydrogens is 420 g/mol. The van der Waals surface area contributed by atoms with E-state index in [-0.39, 0.29) is 0 Å². The molecule has 2 aromatic carbocycles. The maximum atomic E-state index is 13.1. The lowest BCUT2D eigenvalue weighted by Gasteiger charge is -2.34. The molecule has 0 aliphatic heterocycles. The first-order valence-electron chi connectivity index (χ1n) is 11.7. The maximum absolute atomic E-state index is 13.1. The first kappa shape index (κ1) is 21.6. The number of hydrogen-bond acceptors (Lipinski definition) is 3. The molecule has 0 saturated heterocycles. The number of anilines is 1. The first-order chi connectivity index (χ1) is 15.4. The van der Waals surface area contributed by atoms with Gasteiger partial charge in [-0.05, 0) is 98.4 Å². The van der Waals surface area contributed by atoms with Crippen molar-refractivity contribution in [1.29, 1.82) is 0 Å². The molecule has 7 heteroatoms. The number of rotatable bonds is 5. The minimum atomic E-state index is -3.31. The Morgan fingerprint density at radius 2 is 1.69 bits per heavy atom. The number of carbonyl (C=O) groups excluding carboxylic acids is 1. The fraction of sp³-hybridized carbons (Fsp3) is 0.480. The minimum absolute atomic E-state index is 0.381. The van der Waals surface area contributed by atoms with Crippen LogP contribution >= 0.6 is 0 Å². The molecule has 170 valence electrons. The third-order valence-electron chi connectivity index (χ3n) is 7.31. The van der Waals surface area contributed by atoms with Crippen LogP contribution in [0.5, 0.6) is 0 Å². The van der Waals surface area contributed by atoms with Crippen molar-refractivity contribution in [2.24, 2.45) is 9.50 Å². The highest BCUT2D eigenvalue weighted by Crippen LogP contribution is 2.38. The highest BCUT2D eigenvalue weighted by Gasteiger charge is 2.25. The van der Waals surface area contributed by atoms with E-state index in [4.69, 9.17) is 5.14 Å². The van der Waals surface area contributed by atoms with Crippen molar-refractivity contribution < 1.29 is 9.00 Å². The van der Waals surface area contributed by atoms with Gasteiger partial charge in [0.1, 0.15) is 9.92 Å². The highest BCUT2D eigenvalue weighted by atomic mass is 32.2. The van der Waals surface area contributed by atoms with Crippen molar-refractivity contribution >= 4 is 21.6 Å². The molecule has 0 bridgehead atoms. The Balaban J connectivity index is 1.33. The molecule has 1 saturated carbocycles. The van der Waals surface area contributed by atoms with E-state index < -0.39 is 15.9 Å². The van der Waals surface area contributed by atoms with Crippen molar-refractivity contribution in [2.45, 2.75) is 75.3 Å². The van der Waals surface area contributed by atoms with Crippen molar-refractivity contribution in [3.8, 4) is 0 Å². The van der Waals surface area contributed by atoms with Crippen LogP contribution in [-0.2, 0) is 42.1 Å². The molecule has 2 amide bonds. The standard InChI is InChI=1S/C25H32N4O2S/c1-29(20-7-4-8-20)16-17-11-13-21(14-12-17)32(26,31)28-25(30)27-24-22-9-2-5-18(22)15-19-6-3-10-23(19)24/h11-15,20H,2-10,16H2,1H3,(H3,26,27,28,30,31)/t32-/m1/s1. The summed E-state index contributed by atoms with van der Waals surface area (Å²) in [6.07, 6.45) is 10.1. The molecule has 0 heterocycles. The number of carbonyl (C=O) groups is 1. The fourth-order valence-corrected chi connectivity index (χ4v) is 6.23. The zero-order valence-corrected chi connectivity index (χ0v) is 19.5. The van der Waals surface area contributed by atoms with Crippen LogP contribution in [0.4, 0.5) is 10.5 Å². The largest absolute Gasteiger partial charge is 0.354 e. The third-order valence-corrected chi connectivity index (χ3v) is 8.70. The number of nitrogens with zero attached hydrogens (tertiary/aromatic N) is 2. The number of hydrogen-bond donors (Lipinski definition) is 2. The van der Waals surface area contributed by atoms with E-state index in [1.54, 1.807) is 12.1 Å². The summed E-state index contributed by atoms with van der Waals surface area (Å²) in [5.41, 5.74) is 7.13. The van der Waals surface area contributed by atoms with E-state index in [1.807, 2.05) is 12.1 Å². The number of nitrogens with two attached hydrogens (primary N) is 1. The molecule has 0 spiro atoms. The summed E-state index contributed by atoms with van der Waals surface area (Å²) in [7, 11) is -1.17. The Kier molecular flexibility index (Phi) is 5.82. The Bertz CT molecular complexity index is 1130. The third kappa shape index (κ3) is 4.21. The Hall–Kier alpha value is -2.22. The van der Waals surface area contributed by atoms with Crippen LogP contribution in [0.2, 0.25) is 0 Å². The van der Waals surface area contributed by atoms with Gasteiger partial charge in [0.05, 0.1) is 4.90 Å². The second kappa shape index (κ2) is 8.61. The van der Waals surface area contributed by atoms with Gasteiger partial charge in [0.2, 0.25) is 0 Å². The molecular formula is C25H32N4O2S. The van der Waals surface area contributed by atoms with Crippen LogP contribution < -0.4 is 10.5 Å². The van der Waals surface area contributed by atoms with Gasteiger partial charge in [-0.3, -0.25) is 4.90 Å². The average Bonchev–Trinajstić information content (AvgIpc) is 3.35. The zero-order chi connectivity index (χ0) is 22.3. The second-order valence-electron chi connectivity index (χ2n) is 9.47. The normalized spacial score (nSPS) is 19.2. The monoisotopic (exact) mass is 452 g/mol. The van der Waals surface area contributed by atoms with Crippen molar-refractivity contribution in [3.63, 3.8) is 0 Å². The number of fused-ring (bicyclic) bond motifs is 2. The molecule has 1 fully saturated rings. The molecule has 3 aliphatic rings. The summed E-state index contributed by atoms with van der Waals surface area (Å²) in [5.74, 6) is 0. The summed E-state index contributed by atoms with van der Waals surface area (Å²) >= 11 is 0. The molecule has 32 heavy (non-hydrogen) atoms. The number of urea groups is 1. The second-order valence-corrected chi connectivity index (χ2v) is 11.3. The molecule has 2 aromatic rings. The number of benzene rings is 2. The van der Waals surface area contributed by atoms with Gasteiger partial charge in [0, 0.05) is 18.3 Å². The van der Waals surface area contributed by atoms with Gasteiger partial charge in [-0.1, -0.05) is 24.6 Å². The predicted octanol–water partition coefficient (Wildman–Crippen LogP) is 4.58. The lowest BCUT2D eigenvalue weighted by molar-refractivity contribution is 0.152. The topological polar surface area (TPSA) is 87.8 Å². The van der Waals surface area contributed by atoms with Crippen LogP contribution in [0, 0.1) is 0 Å². The van der Waals surface area contributed by atoms with Gasteiger partial charge in [-0.2, -0.15) is 0 Å². The van der Waals surface area contributed by atoms with E-state index in [0.29, 0.717) is 10.9 Å². The van der Waals surface area contributed by atoms with E-state index in [1.165, 1.54) is 41.5 Å². The molecule has 0 radical (unpaired) electrons. The Morgan fingerprint density at radius 1 is 1.06 bits per heavy atom. The summed E-state index contributed by atoms with van der Waals surface area (Å²) in [5, 5.41) is 9.00. The van der Waals surface area contributed by atoms with Gasteiger partial charge >= 0.3 is 6.03 Å². The van der Waals surface area contributed by atoms with Crippen molar-refractivity contribution in [1.82, 2.24) is 4.90 Å². The highest BCUT2D eigenvalue weighted by molar-refractivity contribution is 7.91. The van der Waals surface area contributed by atoms with Crippen LogP contribution in [-0.4, -0.2) is 28.2 Å². The van der Waals surface area contributed by atoms with Crippen LogP contribution in [0.3, 0.4) is 0 Å². The van der Waals surface area contributed by atoms with Gasteiger partial charge in [0.25, 0.3) is 0 Å². The summed E-state index contributed by atoms with van der Waals surface area (Å²) < 4.78 is 17.0. The number of aryl methyl sites for hydroxylation is 2. The van der Waals surface area contributed by atoms with E-state index in [0.717, 1.165) is 56.3 Å². The van der Waals surface area contributed by atoms with Gasteiger partial charge in [-0.25, -0.2) is 14.1 Å². The van der Waals surface area contributed by atoms with E-state index >= 15 is 0 Å². The molecule has 3 aliphatic carbocycles. The SMILES string of the molecule is CN(Cc1ccc([S@](N)(=O)=NC(=O)Nc2c3c(cc4c2CCC4)CCC3)cc1)C1CCC1. The van der Waals surface area contributed by atoms with E-state index in [2.05, 4.69) is 27.7 Å². The molecule has 6 nitrogen and oxygen atoms in total. The van der Waals surface area contributed by atoms with E-state index in [9.17, 15) is 9.00 Å². The predicted molar refractivity (Wildman–Crippen MR) is 128 cm³/mol. The Labute approximate surface area is 190 Å². The zero-order valence-electron chi connectivity index (χ0n) is 18.7. The summed E-state index contributed by atoms with van der Waals surface area (Å²) in [6.45, 7) is 0.846. The lowest BCUT2D eigenvalue weighted by atomic mass is 9.91. The fourth-order valence-electron chi connectivity index (χ4n) is 5.31. The molecule has 0 aromatic heterocycles. The van der Waals surface area contributed by atoms with Crippen LogP contribution in [0.15, 0.2) is 39.6 Å². The van der Waals surface area contributed by atoms with Crippen molar-refractivity contribution in [2.75, 3.05) is 12.4 Å². The van der Waals surface area contributed by atoms with Gasteiger partial charge in [-0.15, -0.1) is 4.36 Å². The van der Waals surface area contributed by atoms with Crippen LogP contribution in [0.1, 0.15) is 59.9 Å².